The zero-order valence-electron chi connectivity index (χ0n) is 11.2. The number of rotatable bonds is 3. The molecule has 0 saturated carbocycles. The minimum atomic E-state index is 0.271. The molecule has 3 rings (SSSR count). The monoisotopic (exact) mass is 255 g/mol. The van der Waals surface area contributed by atoms with Crippen molar-refractivity contribution in [3.8, 4) is 6.01 Å². The number of aromatic nitrogens is 3. The van der Waals surface area contributed by atoms with Gasteiger partial charge in [0.2, 0.25) is 0 Å². The summed E-state index contributed by atoms with van der Waals surface area (Å²) in [5, 5.41) is 8.43. The Kier molecular flexibility index (Phi) is 3.07. The highest BCUT2D eigenvalue weighted by Gasteiger charge is 2.25. The molecular weight excluding hydrogens is 238 g/mol. The second-order valence-electron chi connectivity index (χ2n) is 4.70. The van der Waals surface area contributed by atoms with Crippen LogP contribution in [0.1, 0.15) is 42.6 Å². The van der Waals surface area contributed by atoms with Crippen molar-refractivity contribution in [1.82, 2.24) is 14.8 Å². The van der Waals surface area contributed by atoms with Gasteiger partial charge >= 0.3 is 6.01 Å². The maximum atomic E-state index is 5.27. The quantitative estimate of drug-likeness (QED) is 0.845. The average Bonchev–Trinajstić information content (AvgIpc) is 2.79. The molecule has 0 bridgehead atoms. The normalized spacial score (nSPS) is 16.6. The Morgan fingerprint density at radius 3 is 2.89 bits per heavy atom. The van der Waals surface area contributed by atoms with Crippen molar-refractivity contribution < 1.29 is 4.74 Å². The zero-order valence-corrected chi connectivity index (χ0v) is 11.2. The van der Waals surface area contributed by atoms with Gasteiger partial charge in [0.05, 0.1) is 7.11 Å². The summed E-state index contributed by atoms with van der Waals surface area (Å²) in [6, 6.07) is 9.01. The van der Waals surface area contributed by atoms with Crippen LogP contribution in [0.4, 0.5) is 0 Å². The third-order valence-corrected chi connectivity index (χ3v) is 3.54. The minimum absolute atomic E-state index is 0.271. The van der Waals surface area contributed by atoms with Gasteiger partial charge in [-0.05, 0) is 23.6 Å². The first-order valence-corrected chi connectivity index (χ1v) is 6.61. The second-order valence-corrected chi connectivity index (χ2v) is 4.70. The van der Waals surface area contributed by atoms with Gasteiger partial charge in [0, 0.05) is 12.1 Å². The minimum Gasteiger partial charge on any atom is -0.467 e. The molecule has 0 N–H and O–H groups in total. The fraction of sp³-hybridized carbons (Fsp3) is 0.333. The van der Waals surface area contributed by atoms with Crippen LogP contribution < -0.4 is 4.74 Å². The highest BCUT2D eigenvalue weighted by molar-refractivity contribution is 5.67. The molecule has 2 heterocycles. The van der Waals surface area contributed by atoms with Crippen LogP contribution in [0.15, 0.2) is 24.3 Å². The first-order chi connectivity index (χ1) is 9.35. The Morgan fingerprint density at radius 1 is 1.26 bits per heavy atom. The predicted molar refractivity (Wildman–Crippen MR) is 75.0 cm³/mol. The van der Waals surface area contributed by atoms with Crippen LogP contribution in [0.2, 0.25) is 0 Å². The van der Waals surface area contributed by atoms with Crippen LogP contribution in [0.3, 0.4) is 0 Å². The third-order valence-electron chi connectivity index (χ3n) is 3.54. The van der Waals surface area contributed by atoms with Crippen LogP contribution in [-0.2, 0) is 0 Å². The van der Waals surface area contributed by atoms with Gasteiger partial charge in [0.25, 0.3) is 0 Å². The lowest BCUT2D eigenvalue weighted by Crippen LogP contribution is -2.07. The molecule has 1 aliphatic heterocycles. The first kappa shape index (κ1) is 12.0. The Balaban J connectivity index is 2.18. The van der Waals surface area contributed by atoms with Gasteiger partial charge in [0.15, 0.2) is 0 Å². The molecule has 1 aliphatic rings. The lowest BCUT2D eigenvalue weighted by molar-refractivity contribution is 0.373. The molecule has 0 radical (unpaired) electrons. The van der Waals surface area contributed by atoms with Gasteiger partial charge in [-0.1, -0.05) is 42.7 Å². The Morgan fingerprint density at radius 2 is 2.11 bits per heavy atom. The van der Waals surface area contributed by atoms with E-state index in [4.69, 9.17) is 4.74 Å². The van der Waals surface area contributed by atoms with Crippen molar-refractivity contribution >= 4 is 12.3 Å². The van der Waals surface area contributed by atoms with Crippen LogP contribution in [0.25, 0.3) is 12.3 Å². The second kappa shape index (κ2) is 4.88. The van der Waals surface area contributed by atoms with E-state index in [0.717, 1.165) is 18.7 Å². The fourth-order valence-corrected chi connectivity index (χ4v) is 2.65. The topological polar surface area (TPSA) is 39.9 Å². The molecule has 1 aromatic heterocycles. The summed E-state index contributed by atoms with van der Waals surface area (Å²) in [6.45, 7) is 2.19. The fourth-order valence-electron chi connectivity index (χ4n) is 2.65. The smallest absolute Gasteiger partial charge is 0.320 e. The number of ether oxygens (including phenoxy) is 1. The third kappa shape index (κ3) is 1.93. The van der Waals surface area contributed by atoms with Gasteiger partial charge in [-0.15, -0.1) is 5.10 Å². The molecular formula is C15H17N3O. The van der Waals surface area contributed by atoms with E-state index in [1.54, 1.807) is 7.11 Å². The van der Waals surface area contributed by atoms with Crippen molar-refractivity contribution in [2.75, 3.05) is 7.11 Å². The number of methoxy groups -OCH3 is 1. The van der Waals surface area contributed by atoms with Gasteiger partial charge in [-0.3, -0.25) is 4.57 Å². The Labute approximate surface area is 112 Å². The number of benzene rings is 1. The molecule has 0 aliphatic carbocycles. The highest BCUT2D eigenvalue weighted by Crippen LogP contribution is 2.35. The van der Waals surface area contributed by atoms with E-state index >= 15 is 0 Å². The molecule has 19 heavy (non-hydrogen) atoms. The predicted octanol–water partition coefficient (Wildman–Crippen LogP) is 3.16. The molecule has 4 nitrogen and oxygen atoms in total. The van der Waals surface area contributed by atoms with E-state index in [1.807, 2.05) is 10.8 Å². The summed E-state index contributed by atoms with van der Waals surface area (Å²) in [7, 11) is 1.62. The van der Waals surface area contributed by atoms with Crippen molar-refractivity contribution in [2.45, 2.75) is 25.7 Å². The number of hydrogen-bond donors (Lipinski definition) is 0. The molecule has 98 valence electrons. The van der Waals surface area contributed by atoms with E-state index in [1.165, 1.54) is 11.1 Å². The highest BCUT2D eigenvalue weighted by atomic mass is 16.5. The molecule has 0 fully saturated rings. The molecule has 0 spiro atoms. The summed E-state index contributed by atoms with van der Waals surface area (Å²) in [4.78, 5) is 0. The van der Waals surface area contributed by atoms with Gasteiger partial charge in [-0.2, -0.15) is 0 Å². The lowest BCUT2D eigenvalue weighted by Gasteiger charge is -2.16. The van der Waals surface area contributed by atoms with Crippen molar-refractivity contribution in [1.29, 1.82) is 0 Å². The summed E-state index contributed by atoms with van der Waals surface area (Å²) in [5.74, 6) is 1.23. The van der Waals surface area contributed by atoms with Crippen LogP contribution in [0.5, 0.6) is 6.01 Å². The number of nitrogens with zero attached hydrogens (tertiary/aromatic N) is 3. The largest absolute Gasteiger partial charge is 0.467 e. The van der Waals surface area contributed by atoms with E-state index in [-0.39, 0.29) is 5.92 Å². The maximum absolute atomic E-state index is 5.27. The Hall–Kier alpha value is -2.10. The summed E-state index contributed by atoms with van der Waals surface area (Å²) < 4.78 is 7.22. The summed E-state index contributed by atoms with van der Waals surface area (Å²) in [5.41, 5.74) is 2.56. The molecule has 0 amide bonds. The van der Waals surface area contributed by atoms with E-state index in [2.05, 4.69) is 47.5 Å². The van der Waals surface area contributed by atoms with Crippen molar-refractivity contribution in [3.63, 3.8) is 0 Å². The standard InChI is InChI=1S/C15H17N3O/c1-3-6-13-12-8-5-4-7-11(12)9-10-18-14(13)16-17-15(18)19-2/h4-5,7-10,13H,3,6H2,1-2H3. The lowest BCUT2D eigenvalue weighted by atomic mass is 9.90. The molecule has 0 saturated heterocycles. The molecule has 1 aromatic carbocycles. The SMILES string of the molecule is CCCC1c2ccccc2C=Cn2c(OC)nnc21. The van der Waals surface area contributed by atoms with Crippen LogP contribution >= 0.6 is 0 Å². The van der Waals surface area contributed by atoms with Crippen LogP contribution in [-0.4, -0.2) is 21.9 Å². The average molecular weight is 255 g/mol. The summed E-state index contributed by atoms with van der Waals surface area (Å²) in [6.07, 6.45) is 6.25. The van der Waals surface area contributed by atoms with Crippen molar-refractivity contribution in [3.05, 3.63) is 41.2 Å². The van der Waals surface area contributed by atoms with Gasteiger partial charge in [-0.25, -0.2) is 0 Å². The van der Waals surface area contributed by atoms with Gasteiger partial charge < -0.3 is 4.74 Å². The molecule has 1 atom stereocenters. The van der Waals surface area contributed by atoms with E-state index in [9.17, 15) is 0 Å². The number of fused-ring (bicyclic) bond motifs is 2. The molecule has 1 unspecified atom stereocenters. The van der Waals surface area contributed by atoms with E-state index in [0.29, 0.717) is 6.01 Å². The Bertz CT molecular complexity index is 616. The molecule has 2 aromatic rings. The maximum Gasteiger partial charge on any atom is 0.320 e. The molecule has 4 heteroatoms. The van der Waals surface area contributed by atoms with Gasteiger partial charge in [0.1, 0.15) is 5.82 Å². The zero-order chi connectivity index (χ0) is 13.2. The number of hydrogen-bond acceptors (Lipinski definition) is 3. The van der Waals surface area contributed by atoms with E-state index < -0.39 is 0 Å². The van der Waals surface area contributed by atoms with Crippen LogP contribution in [0, 0.1) is 0 Å². The first-order valence-electron chi connectivity index (χ1n) is 6.61. The summed E-state index contributed by atoms with van der Waals surface area (Å²) >= 11 is 0. The van der Waals surface area contributed by atoms with Crippen molar-refractivity contribution in [2.24, 2.45) is 0 Å².